The Labute approximate surface area is 125 Å². The van der Waals surface area contributed by atoms with Crippen molar-refractivity contribution in [1.82, 2.24) is 5.16 Å². The van der Waals surface area contributed by atoms with E-state index in [1.807, 2.05) is 48.0 Å². The van der Waals surface area contributed by atoms with Crippen molar-refractivity contribution in [2.45, 2.75) is 6.92 Å². The zero-order valence-electron chi connectivity index (χ0n) is 11.3. The van der Waals surface area contributed by atoms with Gasteiger partial charge in [-0.05, 0) is 30.5 Å². The number of rotatable bonds is 3. The summed E-state index contributed by atoms with van der Waals surface area (Å²) >= 11 is 1.52. The third kappa shape index (κ3) is 2.66. The van der Waals surface area contributed by atoms with Crippen LogP contribution < -0.4 is 11.1 Å². The number of hydrogen-bond donors (Lipinski definition) is 2. The smallest absolute Gasteiger partial charge is 0.263 e. The normalized spacial score (nSPS) is 10.5. The number of nitrogens with zero attached hydrogens (tertiary/aromatic N) is 1. The first-order chi connectivity index (χ1) is 10.1. The summed E-state index contributed by atoms with van der Waals surface area (Å²) in [6, 6.07) is 9.38. The summed E-state index contributed by atoms with van der Waals surface area (Å²) in [6.45, 7) is 1.98. The van der Waals surface area contributed by atoms with Gasteiger partial charge < -0.3 is 15.6 Å². The fourth-order valence-electron chi connectivity index (χ4n) is 1.95. The summed E-state index contributed by atoms with van der Waals surface area (Å²) in [6.07, 6.45) is 0. The van der Waals surface area contributed by atoms with E-state index in [2.05, 4.69) is 10.5 Å². The highest BCUT2D eigenvalue weighted by Crippen LogP contribution is 2.29. The number of nitrogen functional groups attached to an aromatic ring is 1. The van der Waals surface area contributed by atoms with Gasteiger partial charge in [-0.25, -0.2) is 0 Å². The number of anilines is 2. The minimum absolute atomic E-state index is 0.0146. The van der Waals surface area contributed by atoms with Crippen LogP contribution in [-0.2, 0) is 0 Å². The van der Waals surface area contributed by atoms with Gasteiger partial charge in [0.05, 0.1) is 0 Å². The number of amides is 1. The predicted molar refractivity (Wildman–Crippen MR) is 83.4 cm³/mol. The summed E-state index contributed by atoms with van der Waals surface area (Å²) in [4.78, 5) is 12.4. The van der Waals surface area contributed by atoms with Gasteiger partial charge in [0, 0.05) is 16.6 Å². The van der Waals surface area contributed by atoms with E-state index in [9.17, 15) is 4.79 Å². The molecule has 2 aromatic heterocycles. The molecule has 3 aromatic rings. The number of hydrogen-bond acceptors (Lipinski definition) is 5. The summed E-state index contributed by atoms with van der Waals surface area (Å²) in [5.41, 5.74) is 9.09. The van der Waals surface area contributed by atoms with Crippen molar-refractivity contribution < 1.29 is 9.32 Å². The molecule has 0 aliphatic rings. The third-order valence-electron chi connectivity index (χ3n) is 3.05. The van der Waals surface area contributed by atoms with Crippen LogP contribution in [0, 0.1) is 6.92 Å². The third-order valence-corrected chi connectivity index (χ3v) is 3.73. The Hall–Kier alpha value is -2.60. The van der Waals surface area contributed by atoms with Crippen molar-refractivity contribution >= 4 is 28.8 Å². The Balaban J connectivity index is 1.91. The second-order valence-corrected chi connectivity index (χ2v) is 5.38. The lowest BCUT2D eigenvalue weighted by Gasteiger charge is -2.05. The molecular formula is C15H13N3O2S. The van der Waals surface area contributed by atoms with Crippen LogP contribution in [0.3, 0.4) is 0 Å². The van der Waals surface area contributed by atoms with E-state index >= 15 is 0 Å². The predicted octanol–water partition coefficient (Wildman–Crippen LogP) is 3.55. The lowest BCUT2D eigenvalue weighted by molar-refractivity contribution is 0.102. The second-order valence-electron chi connectivity index (χ2n) is 4.60. The SMILES string of the molecule is Cc1ccc(NC(=O)c2c(-c3ccsc3)noc2N)cc1. The molecule has 3 rings (SSSR count). The molecule has 6 heteroatoms. The van der Waals surface area contributed by atoms with Crippen LogP contribution in [0.15, 0.2) is 45.6 Å². The van der Waals surface area contributed by atoms with E-state index < -0.39 is 0 Å². The molecule has 106 valence electrons. The van der Waals surface area contributed by atoms with Gasteiger partial charge in [0.15, 0.2) is 0 Å². The highest BCUT2D eigenvalue weighted by Gasteiger charge is 2.22. The summed E-state index contributed by atoms with van der Waals surface area (Å²) in [7, 11) is 0. The first-order valence-electron chi connectivity index (χ1n) is 6.31. The minimum Gasteiger partial charge on any atom is -0.367 e. The lowest BCUT2D eigenvalue weighted by Crippen LogP contribution is -2.13. The molecule has 3 N–H and O–H groups in total. The Morgan fingerprint density at radius 3 is 2.71 bits per heavy atom. The maximum Gasteiger partial charge on any atom is 0.263 e. The summed E-state index contributed by atoms with van der Waals surface area (Å²) in [5.74, 6) is -0.320. The number of nitrogens with two attached hydrogens (primary N) is 1. The minimum atomic E-state index is -0.334. The van der Waals surface area contributed by atoms with Crippen molar-refractivity contribution in [2.24, 2.45) is 0 Å². The van der Waals surface area contributed by atoms with E-state index in [1.165, 1.54) is 11.3 Å². The summed E-state index contributed by atoms with van der Waals surface area (Å²) < 4.78 is 4.97. The molecular weight excluding hydrogens is 286 g/mol. The molecule has 1 aromatic carbocycles. The van der Waals surface area contributed by atoms with Crippen LogP contribution in [0.5, 0.6) is 0 Å². The van der Waals surface area contributed by atoms with Gasteiger partial charge in [-0.3, -0.25) is 4.79 Å². The fraction of sp³-hybridized carbons (Fsp3) is 0.0667. The van der Waals surface area contributed by atoms with E-state index in [0.717, 1.165) is 11.1 Å². The van der Waals surface area contributed by atoms with Gasteiger partial charge >= 0.3 is 0 Å². The molecule has 0 saturated heterocycles. The van der Waals surface area contributed by atoms with Crippen LogP contribution in [0.2, 0.25) is 0 Å². The Kier molecular flexibility index (Phi) is 3.45. The average molecular weight is 299 g/mol. The van der Waals surface area contributed by atoms with E-state index in [0.29, 0.717) is 11.4 Å². The van der Waals surface area contributed by atoms with Gasteiger partial charge in [0.2, 0.25) is 5.88 Å². The maximum absolute atomic E-state index is 12.4. The molecule has 0 saturated carbocycles. The van der Waals surface area contributed by atoms with Gasteiger partial charge in [-0.15, -0.1) is 0 Å². The lowest BCUT2D eigenvalue weighted by atomic mass is 10.1. The van der Waals surface area contributed by atoms with Gasteiger partial charge in [0.25, 0.3) is 5.91 Å². The highest BCUT2D eigenvalue weighted by atomic mass is 32.1. The van der Waals surface area contributed by atoms with E-state index in [1.54, 1.807) is 0 Å². The highest BCUT2D eigenvalue weighted by molar-refractivity contribution is 7.08. The molecule has 0 unspecified atom stereocenters. The number of aryl methyl sites for hydroxylation is 1. The zero-order valence-corrected chi connectivity index (χ0v) is 12.1. The average Bonchev–Trinajstić information content (AvgIpc) is 3.10. The Morgan fingerprint density at radius 1 is 1.29 bits per heavy atom. The largest absolute Gasteiger partial charge is 0.367 e. The number of benzene rings is 1. The molecule has 0 spiro atoms. The van der Waals surface area contributed by atoms with Crippen LogP contribution in [0.1, 0.15) is 15.9 Å². The monoisotopic (exact) mass is 299 g/mol. The van der Waals surface area contributed by atoms with Crippen LogP contribution in [-0.4, -0.2) is 11.1 Å². The number of nitrogens with one attached hydrogen (secondary N) is 1. The molecule has 0 radical (unpaired) electrons. The first-order valence-corrected chi connectivity index (χ1v) is 7.25. The number of thiophene rings is 1. The van der Waals surface area contributed by atoms with Gasteiger partial charge in [0.1, 0.15) is 11.3 Å². The number of carbonyl (C=O) groups is 1. The van der Waals surface area contributed by atoms with Crippen molar-refractivity contribution in [3.05, 3.63) is 52.2 Å². The second kappa shape index (κ2) is 5.41. The Morgan fingerprint density at radius 2 is 2.05 bits per heavy atom. The molecule has 0 aliphatic heterocycles. The molecule has 0 atom stereocenters. The molecule has 2 heterocycles. The molecule has 1 amide bonds. The van der Waals surface area contributed by atoms with Crippen molar-refractivity contribution in [3.63, 3.8) is 0 Å². The molecule has 5 nitrogen and oxygen atoms in total. The van der Waals surface area contributed by atoms with E-state index in [-0.39, 0.29) is 17.4 Å². The zero-order chi connectivity index (χ0) is 14.8. The van der Waals surface area contributed by atoms with Crippen LogP contribution in [0.25, 0.3) is 11.3 Å². The van der Waals surface area contributed by atoms with Crippen molar-refractivity contribution in [1.29, 1.82) is 0 Å². The van der Waals surface area contributed by atoms with E-state index in [4.69, 9.17) is 10.3 Å². The maximum atomic E-state index is 12.4. The molecule has 0 aliphatic carbocycles. The fourth-order valence-corrected chi connectivity index (χ4v) is 2.59. The summed E-state index contributed by atoms with van der Waals surface area (Å²) in [5, 5.41) is 10.5. The molecule has 0 bridgehead atoms. The molecule has 21 heavy (non-hydrogen) atoms. The molecule has 0 fully saturated rings. The quantitative estimate of drug-likeness (QED) is 0.775. The van der Waals surface area contributed by atoms with Crippen LogP contribution in [0.4, 0.5) is 11.6 Å². The first kappa shape index (κ1) is 13.4. The van der Waals surface area contributed by atoms with Gasteiger partial charge in [-0.2, -0.15) is 11.3 Å². The van der Waals surface area contributed by atoms with Gasteiger partial charge in [-0.1, -0.05) is 22.9 Å². The standard InChI is InChI=1S/C15H13N3O2S/c1-9-2-4-11(5-3-9)17-15(19)12-13(18-20-14(12)16)10-6-7-21-8-10/h2-8H,16H2,1H3,(H,17,19). The number of carbonyl (C=O) groups excluding carboxylic acids is 1. The van der Waals surface area contributed by atoms with Crippen molar-refractivity contribution in [3.8, 4) is 11.3 Å². The van der Waals surface area contributed by atoms with Crippen molar-refractivity contribution in [2.75, 3.05) is 11.1 Å². The number of aromatic nitrogens is 1. The Bertz CT molecular complexity index is 761. The van der Waals surface area contributed by atoms with Crippen LogP contribution >= 0.6 is 11.3 Å². The topological polar surface area (TPSA) is 81.2 Å².